The highest BCUT2D eigenvalue weighted by molar-refractivity contribution is 5.85. The van der Waals surface area contributed by atoms with Crippen LogP contribution in [0.2, 0.25) is 0 Å². The zero-order chi connectivity index (χ0) is 14.4. The topological polar surface area (TPSA) is 40.5 Å². The first kappa shape index (κ1) is 12.8. The van der Waals surface area contributed by atoms with Crippen molar-refractivity contribution in [3.05, 3.63) is 48.0 Å². The van der Waals surface area contributed by atoms with E-state index in [9.17, 15) is 9.90 Å². The monoisotopic (exact) mass is 281 g/mol. The quantitative estimate of drug-likeness (QED) is 0.917. The summed E-state index contributed by atoms with van der Waals surface area (Å²) in [6.45, 7) is 1.56. The van der Waals surface area contributed by atoms with Gasteiger partial charge in [-0.15, -0.1) is 0 Å². The van der Waals surface area contributed by atoms with Crippen LogP contribution in [0, 0.1) is 11.8 Å². The molecule has 21 heavy (non-hydrogen) atoms. The van der Waals surface area contributed by atoms with Crippen molar-refractivity contribution in [1.29, 1.82) is 0 Å². The highest BCUT2D eigenvalue weighted by Crippen LogP contribution is 2.40. The van der Waals surface area contributed by atoms with E-state index < -0.39 is 0 Å². The number of hydrogen-bond donors (Lipinski definition) is 1. The summed E-state index contributed by atoms with van der Waals surface area (Å²) in [5.41, 5.74) is 1.07. The average Bonchev–Trinajstić information content (AvgIpc) is 2.84. The molecule has 108 valence electrons. The predicted molar refractivity (Wildman–Crippen MR) is 81.8 cm³/mol. The summed E-state index contributed by atoms with van der Waals surface area (Å²) in [6, 6.07) is 14.4. The molecular weight excluding hydrogens is 262 g/mol. The lowest BCUT2D eigenvalue weighted by atomic mass is 9.74. The molecule has 1 heterocycles. The molecular formula is C18H19NO2. The highest BCUT2D eigenvalue weighted by Gasteiger charge is 2.47. The molecule has 1 aliphatic heterocycles. The number of hydrogen-bond acceptors (Lipinski definition) is 2. The predicted octanol–water partition coefficient (Wildman–Crippen LogP) is 2.22. The van der Waals surface area contributed by atoms with Crippen LogP contribution >= 0.6 is 0 Å². The minimum atomic E-state index is -0.187. The zero-order valence-electron chi connectivity index (χ0n) is 11.9. The molecule has 1 N–H and O–H groups in total. The molecule has 0 spiro atoms. The van der Waals surface area contributed by atoms with Gasteiger partial charge >= 0.3 is 0 Å². The fourth-order valence-electron chi connectivity index (χ4n) is 3.71. The number of rotatable bonds is 2. The lowest BCUT2D eigenvalue weighted by Gasteiger charge is -2.34. The Morgan fingerprint density at radius 3 is 2.71 bits per heavy atom. The van der Waals surface area contributed by atoms with E-state index in [1.807, 2.05) is 23.1 Å². The maximum atomic E-state index is 12.4. The van der Waals surface area contributed by atoms with Crippen molar-refractivity contribution in [2.24, 2.45) is 11.8 Å². The molecule has 2 aliphatic rings. The number of aliphatic hydroxyl groups excluding tert-OH is 1. The second-order valence-electron chi connectivity index (χ2n) is 6.38. The standard InChI is InChI=1S/C18H19NO2/c20-17-9-15-10-19(11-16(15)17)18(21)8-12-5-6-13-3-1-2-4-14(13)7-12/h1-7,15-17,20H,8-11H2/t15-,16+,17+/m1/s1. The third-order valence-corrected chi connectivity index (χ3v) is 5.05. The van der Waals surface area contributed by atoms with E-state index in [4.69, 9.17) is 0 Å². The van der Waals surface area contributed by atoms with Gasteiger partial charge in [0.05, 0.1) is 12.5 Å². The molecule has 3 nitrogen and oxygen atoms in total. The fraction of sp³-hybridized carbons (Fsp3) is 0.389. The molecule has 0 radical (unpaired) electrons. The van der Waals surface area contributed by atoms with Gasteiger partial charge in [0.2, 0.25) is 5.91 Å². The van der Waals surface area contributed by atoms with E-state index in [1.54, 1.807) is 0 Å². The SMILES string of the molecule is O=C(Cc1ccc2ccccc2c1)N1C[C@H]2C[C@H](O)[C@H]2C1. The Hall–Kier alpha value is -1.87. The molecule has 0 unspecified atom stereocenters. The Morgan fingerprint density at radius 1 is 1.14 bits per heavy atom. The molecule has 2 aromatic rings. The van der Waals surface area contributed by atoms with Crippen molar-refractivity contribution in [2.45, 2.75) is 18.9 Å². The number of benzene rings is 2. The Balaban J connectivity index is 1.48. The zero-order valence-corrected chi connectivity index (χ0v) is 11.9. The number of amides is 1. The second kappa shape index (κ2) is 4.85. The first-order valence-electron chi connectivity index (χ1n) is 7.64. The van der Waals surface area contributed by atoms with Gasteiger partial charge in [0.25, 0.3) is 0 Å². The van der Waals surface area contributed by atoms with Gasteiger partial charge in [0.15, 0.2) is 0 Å². The van der Waals surface area contributed by atoms with E-state index in [0.717, 1.165) is 25.1 Å². The van der Waals surface area contributed by atoms with E-state index in [-0.39, 0.29) is 12.0 Å². The molecule has 1 saturated carbocycles. The summed E-state index contributed by atoms with van der Waals surface area (Å²) in [6.07, 6.45) is 1.14. The molecule has 3 heteroatoms. The second-order valence-corrected chi connectivity index (χ2v) is 6.38. The molecule has 2 aromatic carbocycles. The Morgan fingerprint density at radius 2 is 1.95 bits per heavy atom. The normalized spacial score (nSPS) is 27.5. The van der Waals surface area contributed by atoms with Crippen molar-refractivity contribution in [3.63, 3.8) is 0 Å². The van der Waals surface area contributed by atoms with Gasteiger partial charge in [-0.05, 0) is 28.7 Å². The molecule has 1 saturated heterocycles. The summed E-state index contributed by atoms with van der Waals surface area (Å²) < 4.78 is 0. The van der Waals surface area contributed by atoms with Crippen LogP contribution in [-0.4, -0.2) is 35.1 Å². The summed E-state index contributed by atoms with van der Waals surface area (Å²) in [4.78, 5) is 14.4. The summed E-state index contributed by atoms with van der Waals surface area (Å²) >= 11 is 0. The molecule has 2 fully saturated rings. The number of likely N-dealkylation sites (tertiary alicyclic amines) is 1. The third-order valence-electron chi connectivity index (χ3n) is 5.05. The molecule has 0 bridgehead atoms. The van der Waals surface area contributed by atoms with Crippen molar-refractivity contribution in [1.82, 2.24) is 4.90 Å². The summed E-state index contributed by atoms with van der Waals surface area (Å²) in [5, 5.41) is 12.1. The van der Waals surface area contributed by atoms with Crippen LogP contribution in [0.25, 0.3) is 10.8 Å². The number of fused-ring (bicyclic) bond motifs is 2. The van der Waals surface area contributed by atoms with Crippen LogP contribution in [-0.2, 0) is 11.2 Å². The van der Waals surface area contributed by atoms with Crippen molar-refractivity contribution in [3.8, 4) is 0 Å². The fourth-order valence-corrected chi connectivity index (χ4v) is 3.71. The lowest BCUT2D eigenvalue weighted by Crippen LogP contribution is -2.39. The lowest BCUT2D eigenvalue weighted by molar-refractivity contribution is -0.129. The van der Waals surface area contributed by atoms with E-state index in [2.05, 4.69) is 24.3 Å². The number of carbonyl (C=O) groups is 1. The van der Waals surface area contributed by atoms with Crippen LogP contribution in [0.15, 0.2) is 42.5 Å². The Labute approximate surface area is 124 Å². The van der Waals surface area contributed by atoms with Gasteiger partial charge in [0.1, 0.15) is 0 Å². The number of carbonyl (C=O) groups excluding carboxylic acids is 1. The number of aliphatic hydroxyl groups is 1. The summed E-state index contributed by atoms with van der Waals surface area (Å²) in [7, 11) is 0. The first-order chi connectivity index (χ1) is 10.2. The molecule has 3 atom stereocenters. The largest absolute Gasteiger partial charge is 0.393 e. The van der Waals surface area contributed by atoms with Gasteiger partial charge in [-0.2, -0.15) is 0 Å². The maximum absolute atomic E-state index is 12.4. The van der Waals surface area contributed by atoms with Gasteiger partial charge in [-0.1, -0.05) is 42.5 Å². The Kier molecular flexibility index (Phi) is 2.96. The van der Waals surface area contributed by atoms with E-state index in [1.165, 1.54) is 10.8 Å². The van der Waals surface area contributed by atoms with Crippen molar-refractivity contribution in [2.75, 3.05) is 13.1 Å². The number of nitrogens with zero attached hydrogens (tertiary/aromatic N) is 1. The molecule has 1 amide bonds. The smallest absolute Gasteiger partial charge is 0.227 e. The van der Waals surface area contributed by atoms with Gasteiger partial charge in [-0.25, -0.2) is 0 Å². The van der Waals surface area contributed by atoms with Crippen LogP contribution in [0.1, 0.15) is 12.0 Å². The van der Waals surface area contributed by atoms with Gasteiger partial charge < -0.3 is 10.0 Å². The molecule has 4 rings (SSSR count). The molecule has 1 aliphatic carbocycles. The summed E-state index contributed by atoms with van der Waals surface area (Å²) in [5.74, 6) is 1.04. The van der Waals surface area contributed by atoms with E-state index in [0.29, 0.717) is 18.3 Å². The van der Waals surface area contributed by atoms with Crippen molar-refractivity contribution >= 4 is 16.7 Å². The van der Waals surface area contributed by atoms with Gasteiger partial charge in [-0.3, -0.25) is 4.79 Å². The third kappa shape index (κ3) is 2.22. The molecule has 0 aromatic heterocycles. The van der Waals surface area contributed by atoms with Crippen LogP contribution in [0.3, 0.4) is 0 Å². The highest BCUT2D eigenvalue weighted by atomic mass is 16.3. The van der Waals surface area contributed by atoms with Crippen LogP contribution < -0.4 is 0 Å². The van der Waals surface area contributed by atoms with Crippen LogP contribution in [0.5, 0.6) is 0 Å². The maximum Gasteiger partial charge on any atom is 0.227 e. The Bertz CT molecular complexity index is 696. The average molecular weight is 281 g/mol. The first-order valence-corrected chi connectivity index (χ1v) is 7.64. The van der Waals surface area contributed by atoms with Gasteiger partial charge in [0, 0.05) is 19.0 Å². The van der Waals surface area contributed by atoms with E-state index >= 15 is 0 Å². The van der Waals surface area contributed by atoms with Crippen LogP contribution in [0.4, 0.5) is 0 Å². The van der Waals surface area contributed by atoms with Crippen molar-refractivity contribution < 1.29 is 9.90 Å². The minimum absolute atomic E-state index is 0.187. The minimum Gasteiger partial charge on any atom is -0.393 e.